The molecule has 0 atom stereocenters. The molecule has 1 fully saturated rings. The Hall–Kier alpha value is -2.53. The largest absolute Gasteiger partial charge is 0.379 e. The van der Waals surface area contributed by atoms with Gasteiger partial charge in [0.25, 0.3) is 11.8 Å². The molecule has 3 rings (SSSR count). The Bertz CT molecular complexity index is 1040. The average Bonchev–Trinajstić information content (AvgIpc) is 2.72. The maximum Gasteiger partial charge on any atom is 0.269 e. The number of nitrogens with one attached hydrogen (secondary N) is 2. The zero-order valence-electron chi connectivity index (χ0n) is 15.0. The van der Waals surface area contributed by atoms with Crippen molar-refractivity contribution >= 4 is 33.4 Å². The quantitative estimate of drug-likeness (QED) is 0.701. The normalized spacial score (nSPS) is 15.0. The van der Waals surface area contributed by atoms with Crippen molar-refractivity contribution < 1.29 is 27.1 Å². The number of carbonyl (C=O) groups excluding carboxylic acids is 2. The van der Waals surface area contributed by atoms with Gasteiger partial charge in [0.1, 0.15) is 10.7 Å². The van der Waals surface area contributed by atoms with Gasteiger partial charge in [-0.25, -0.2) is 12.8 Å². The zero-order valence-corrected chi connectivity index (χ0v) is 16.6. The van der Waals surface area contributed by atoms with Gasteiger partial charge in [0, 0.05) is 29.2 Å². The number of nitrogens with zero attached hydrogens (tertiary/aromatic N) is 1. The third kappa shape index (κ3) is 4.91. The Kier molecular flexibility index (Phi) is 6.48. The first-order valence-corrected chi connectivity index (χ1v) is 10.3. The minimum absolute atomic E-state index is 0.0912. The predicted octanol–water partition coefficient (Wildman–Crippen LogP) is 1.57. The lowest BCUT2D eigenvalue weighted by Crippen LogP contribution is -2.42. The van der Waals surface area contributed by atoms with Gasteiger partial charge in [0.15, 0.2) is 0 Å². The molecule has 0 bridgehead atoms. The minimum atomic E-state index is -4.13. The first-order chi connectivity index (χ1) is 13.8. The topological polar surface area (TPSA) is 105 Å². The highest BCUT2D eigenvalue weighted by molar-refractivity contribution is 7.89. The van der Waals surface area contributed by atoms with Crippen LogP contribution in [0.25, 0.3) is 0 Å². The van der Waals surface area contributed by atoms with E-state index in [9.17, 15) is 22.4 Å². The summed E-state index contributed by atoms with van der Waals surface area (Å²) in [4.78, 5) is 23.8. The third-order valence-corrected chi connectivity index (χ3v) is 6.31. The van der Waals surface area contributed by atoms with E-state index in [-0.39, 0.29) is 37.4 Å². The Morgan fingerprint density at radius 3 is 2.24 bits per heavy atom. The number of hydrogen-bond donors (Lipinski definition) is 2. The number of benzene rings is 2. The molecule has 0 spiro atoms. The van der Waals surface area contributed by atoms with Crippen LogP contribution >= 0.6 is 11.6 Å². The lowest BCUT2D eigenvalue weighted by atomic mass is 10.2. The van der Waals surface area contributed by atoms with E-state index in [0.29, 0.717) is 5.02 Å². The zero-order chi connectivity index (χ0) is 21.0. The van der Waals surface area contributed by atoms with Crippen LogP contribution in [0.3, 0.4) is 0 Å². The molecule has 0 unspecified atom stereocenters. The fraction of sp³-hybridized carbons (Fsp3) is 0.222. The SMILES string of the molecule is O=C(NNC(=O)c1ccc(F)c(S(=O)(=O)N2CCOCC2)c1)c1cccc(Cl)c1. The van der Waals surface area contributed by atoms with E-state index in [4.69, 9.17) is 16.3 Å². The molecule has 1 saturated heterocycles. The van der Waals surface area contributed by atoms with Gasteiger partial charge in [-0.1, -0.05) is 17.7 Å². The van der Waals surface area contributed by atoms with Crippen LogP contribution < -0.4 is 10.9 Å². The molecule has 1 aliphatic rings. The van der Waals surface area contributed by atoms with Crippen LogP contribution in [-0.2, 0) is 14.8 Å². The summed E-state index contributed by atoms with van der Waals surface area (Å²) in [5, 5.41) is 0.348. The summed E-state index contributed by atoms with van der Waals surface area (Å²) in [6.07, 6.45) is 0. The van der Waals surface area contributed by atoms with E-state index in [0.717, 1.165) is 22.5 Å². The average molecular weight is 442 g/mol. The van der Waals surface area contributed by atoms with Gasteiger partial charge < -0.3 is 4.74 Å². The van der Waals surface area contributed by atoms with E-state index in [1.54, 1.807) is 12.1 Å². The van der Waals surface area contributed by atoms with Crippen LogP contribution in [0.15, 0.2) is 47.4 Å². The van der Waals surface area contributed by atoms with Crippen LogP contribution in [0.4, 0.5) is 4.39 Å². The molecule has 2 N–H and O–H groups in total. The van der Waals surface area contributed by atoms with Crippen molar-refractivity contribution in [3.05, 3.63) is 64.4 Å². The maximum atomic E-state index is 14.2. The van der Waals surface area contributed by atoms with Crippen molar-refractivity contribution in [1.82, 2.24) is 15.2 Å². The van der Waals surface area contributed by atoms with Gasteiger partial charge in [0.05, 0.1) is 13.2 Å². The smallest absolute Gasteiger partial charge is 0.269 e. The Morgan fingerprint density at radius 2 is 1.62 bits per heavy atom. The molecule has 0 saturated carbocycles. The van der Waals surface area contributed by atoms with Crippen molar-refractivity contribution in [2.45, 2.75) is 4.90 Å². The summed E-state index contributed by atoms with van der Waals surface area (Å²) in [7, 11) is -4.13. The van der Waals surface area contributed by atoms with Gasteiger partial charge in [-0.05, 0) is 36.4 Å². The van der Waals surface area contributed by atoms with E-state index in [2.05, 4.69) is 10.9 Å². The summed E-state index contributed by atoms with van der Waals surface area (Å²) < 4.78 is 45.8. The number of halogens is 2. The highest BCUT2D eigenvalue weighted by atomic mass is 35.5. The van der Waals surface area contributed by atoms with Gasteiger partial charge in [-0.3, -0.25) is 20.4 Å². The molecular weight excluding hydrogens is 425 g/mol. The molecule has 154 valence electrons. The second-order valence-corrected chi connectivity index (χ2v) is 8.42. The Labute approximate surface area is 171 Å². The first kappa shape index (κ1) is 21.2. The number of rotatable bonds is 4. The summed E-state index contributed by atoms with van der Waals surface area (Å²) in [6, 6.07) is 9.01. The number of ether oxygens (including phenoxy) is 1. The number of amides is 2. The molecular formula is C18H17ClFN3O5S. The van der Waals surface area contributed by atoms with E-state index < -0.39 is 32.6 Å². The van der Waals surface area contributed by atoms with Gasteiger partial charge in [0.2, 0.25) is 10.0 Å². The molecule has 8 nitrogen and oxygen atoms in total. The number of carbonyl (C=O) groups is 2. The van der Waals surface area contributed by atoms with Crippen molar-refractivity contribution in [3.8, 4) is 0 Å². The maximum absolute atomic E-state index is 14.2. The van der Waals surface area contributed by atoms with Gasteiger partial charge in [-0.2, -0.15) is 4.31 Å². The van der Waals surface area contributed by atoms with Crippen LogP contribution in [0.2, 0.25) is 5.02 Å². The van der Waals surface area contributed by atoms with Crippen molar-refractivity contribution in [3.63, 3.8) is 0 Å². The molecule has 29 heavy (non-hydrogen) atoms. The lowest BCUT2D eigenvalue weighted by Gasteiger charge is -2.26. The van der Waals surface area contributed by atoms with Gasteiger partial charge in [-0.15, -0.1) is 0 Å². The van der Waals surface area contributed by atoms with Crippen LogP contribution in [0, 0.1) is 5.82 Å². The van der Waals surface area contributed by atoms with Crippen LogP contribution in [-0.4, -0.2) is 50.8 Å². The standard InChI is InChI=1S/C18H17ClFN3O5S/c19-14-3-1-2-12(10-14)17(24)21-22-18(25)13-4-5-15(20)16(11-13)29(26,27)23-6-8-28-9-7-23/h1-5,10-11H,6-9H2,(H,21,24)(H,22,25). The highest BCUT2D eigenvalue weighted by Gasteiger charge is 2.29. The molecule has 11 heteroatoms. The molecule has 2 aromatic carbocycles. The van der Waals surface area contributed by atoms with Gasteiger partial charge >= 0.3 is 0 Å². The second-order valence-electron chi connectivity index (χ2n) is 6.08. The third-order valence-electron chi connectivity index (χ3n) is 4.16. The minimum Gasteiger partial charge on any atom is -0.379 e. The first-order valence-electron chi connectivity index (χ1n) is 8.53. The monoisotopic (exact) mass is 441 g/mol. The predicted molar refractivity (Wildman–Crippen MR) is 102 cm³/mol. The van der Waals surface area contributed by atoms with E-state index >= 15 is 0 Å². The molecule has 2 aromatic rings. The fourth-order valence-electron chi connectivity index (χ4n) is 2.66. The molecule has 2 amide bonds. The highest BCUT2D eigenvalue weighted by Crippen LogP contribution is 2.22. The van der Waals surface area contributed by atoms with Crippen molar-refractivity contribution in [2.24, 2.45) is 0 Å². The summed E-state index contributed by atoms with van der Waals surface area (Å²) in [5.74, 6) is -2.40. The fourth-order valence-corrected chi connectivity index (χ4v) is 4.34. The van der Waals surface area contributed by atoms with E-state index in [1.165, 1.54) is 12.1 Å². The summed E-state index contributed by atoms with van der Waals surface area (Å²) in [5.41, 5.74) is 4.44. The Balaban J connectivity index is 1.74. The molecule has 0 radical (unpaired) electrons. The van der Waals surface area contributed by atoms with Crippen LogP contribution in [0.5, 0.6) is 0 Å². The molecule has 0 aliphatic carbocycles. The van der Waals surface area contributed by atoms with Crippen LogP contribution in [0.1, 0.15) is 20.7 Å². The number of hydrogen-bond acceptors (Lipinski definition) is 5. The van der Waals surface area contributed by atoms with Crippen molar-refractivity contribution in [2.75, 3.05) is 26.3 Å². The van der Waals surface area contributed by atoms with Crippen molar-refractivity contribution in [1.29, 1.82) is 0 Å². The molecule has 1 heterocycles. The number of hydrazine groups is 1. The lowest BCUT2D eigenvalue weighted by molar-refractivity contribution is 0.0729. The summed E-state index contributed by atoms with van der Waals surface area (Å²) in [6.45, 7) is 0.592. The number of morpholine rings is 1. The summed E-state index contributed by atoms with van der Waals surface area (Å²) >= 11 is 5.81. The second kappa shape index (κ2) is 8.87. The number of sulfonamides is 1. The Morgan fingerprint density at radius 1 is 1.00 bits per heavy atom. The molecule has 0 aromatic heterocycles. The molecule has 1 aliphatic heterocycles. The van der Waals surface area contributed by atoms with E-state index in [1.807, 2.05) is 0 Å².